The van der Waals surface area contributed by atoms with Crippen LogP contribution in [0.2, 0.25) is 0 Å². The van der Waals surface area contributed by atoms with Gasteiger partial charge in [0.2, 0.25) is 5.75 Å². The monoisotopic (exact) mass is 392 g/mol. The van der Waals surface area contributed by atoms with Gasteiger partial charge in [0.1, 0.15) is 11.5 Å². The van der Waals surface area contributed by atoms with E-state index in [2.05, 4.69) is 15.5 Å². The van der Waals surface area contributed by atoms with Crippen LogP contribution in [0.5, 0.6) is 17.2 Å². The molecule has 0 aliphatic carbocycles. The Balaban J connectivity index is 1.73. The minimum atomic E-state index is -0.551. The number of hydrazone groups is 1. The largest absolute Gasteiger partial charge is 0.497 e. The summed E-state index contributed by atoms with van der Waals surface area (Å²) in [6, 6.07) is 14.2. The summed E-state index contributed by atoms with van der Waals surface area (Å²) < 4.78 is 10.7. The zero-order valence-corrected chi connectivity index (χ0v) is 15.3. The molecular formula is C20H16N4O5. The Labute approximate surface area is 165 Å². The molecule has 0 saturated heterocycles. The molecule has 1 amide bonds. The minimum absolute atomic E-state index is 0.0803. The van der Waals surface area contributed by atoms with E-state index in [1.165, 1.54) is 24.5 Å². The second-order valence-corrected chi connectivity index (χ2v) is 5.70. The Hall–Kier alpha value is -4.27. The normalized spacial score (nSPS) is 10.5. The summed E-state index contributed by atoms with van der Waals surface area (Å²) >= 11 is 0. The van der Waals surface area contributed by atoms with E-state index in [1.807, 2.05) is 0 Å². The van der Waals surface area contributed by atoms with Crippen LogP contribution in [0.1, 0.15) is 15.9 Å². The van der Waals surface area contributed by atoms with Crippen LogP contribution < -0.4 is 14.9 Å². The number of pyridine rings is 1. The van der Waals surface area contributed by atoms with Gasteiger partial charge in [-0.15, -0.1) is 0 Å². The highest BCUT2D eigenvalue weighted by atomic mass is 16.6. The molecule has 0 spiro atoms. The molecule has 1 aromatic heterocycles. The second kappa shape index (κ2) is 9.09. The number of nitro benzene ring substituents is 1. The average molecular weight is 392 g/mol. The van der Waals surface area contributed by atoms with E-state index < -0.39 is 10.8 Å². The number of nitrogens with zero attached hydrogens (tertiary/aromatic N) is 3. The van der Waals surface area contributed by atoms with Gasteiger partial charge in [-0.05, 0) is 48.5 Å². The Kier molecular flexibility index (Phi) is 6.11. The molecule has 29 heavy (non-hydrogen) atoms. The maximum Gasteiger partial charge on any atom is 0.312 e. The first kappa shape index (κ1) is 19.5. The highest BCUT2D eigenvalue weighted by Crippen LogP contribution is 2.32. The van der Waals surface area contributed by atoms with Crippen molar-refractivity contribution in [2.45, 2.75) is 0 Å². The van der Waals surface area contributed by atoms with Crippen LogP contribution in [0.15, 0.2) is 72.1 Å². The van der Waals surface area contributed by atoms with E-state index in [0.717, 1.165) is 0 Å². The Morgan fingerprint density at radius 3 is 2.59 bits per heavy atom. The molecule has 0 aliphatic heterocycles. The first-order valence-corrected chi connectivity index (χ1v) is 8.40. The lowest BCUT2D eigenvalue weighted by Gasteiger charge is -2.07. The molecule has 9 heteroatoms. The SMILES string of the molecule is COc1ccc(Oc2ccc(/C=N\NC(=O)c3cccnc3)cc2[N+](=O)[O-])cc1. The van der Waals surface area contributed by atoms with Gasteiger partial charge < -0.3 is 9.47 Å². The van der Waals surface area contributed by atoms with Crippen LogP contribution in [0.3, 0.4) is 0 Å². The van der Waals surface area contributed by atoms with E-state index in [9.17, 15) is 14.9 Å². The quantitative estimate of drug-likeness (QED) is 0.373. The number of methoxy groups -OCH3 is 1. The number of aromatic nitrogens is 1. The Morgan fingerprint density at radius 2 is 1.93 bits per heavy atom. The van der Waals surface area contributed by atoms with Gasteiger partial charge in [-0.2, -0.15) is 5.10 Å². The van der Waals surface area contributed by atoms with E-state index >= 15 is 0 Å². The minimum Gasteiger partial charge on any atom is -0.497 e. The molecule has 0 fully saturated rings. The van der Waals surface area contributed by atoms with Crippen molar-refractivity contribution in [3.05, 3.63) is 88.2 Å². The number of benzene rings is 2. The first-order chi connectivity index (χ1) is 14.1. The van der Waals surface area contributed by atoms with Crippen molar-refractivity contribution < 1.29 is 19.2 Å². The molecule has 1 N–H and O–H groups in total. The van der Waals surface area contributed by atoms with Crippen molar-refractivity contribution in [1.82, 2.24) is 10.4 Å². The maximum absolute atomic E-state index is 11.9. The van der Waals surface area contributed by atoms with Crippen LogP contribution in [0, 0.1) is 10.1 Å². The third kappa shape index (κ3) is 5.13. The number of ether oxygens (including phenoxy) is 2. The smallest absolute Gasteiger partial charge is 0.312 e. The zero-order valence-electron chi connectivity index (χ0n) is 15.3. The van der Waals surface area contributed by atoms with Crippen molar-refractivity contribution in [2.75, 3.05) is 7.11 Å². The molecule has 0 bridgehead atoms. The van der Waals surface area contributed by atoms with Crippen molar-refractivity contribution in [3.63, 3.8) is 0 Å². The predicted molar refractivity (Wildman–Crippen MR) is 105 cm³/mol. The van der Waals surface area contributed by atoms with E-state index in [1.54, 1.807) is 55.8 Å². The molecule has 2 aromatic carbocycles. The summed E-state index contributed by atoms with van der Waals surface area (Å²) in [7, 11) is 1.54. The fraction of sp³-hybridized carbons (Fsp3) is 0.0500. The van der Waals surface area contributed by atoms with Crippen molar-refractivity contribution in [3.8, 4) is 17.2 Å². The average Bonchev–Trinajstić information content (AvgIpc) is 2.75. The molecule has 0 radical (unpaired) electrons. The molecule has 0 atom stereocenters. The van der Waals surface area contributed by atoms with Crippen LogP contribution in [-0.4, -0.2) is 29.1 Å². The lowest BCUT2D eigenvalue weighted by Crippen LogP contribution is -2.17. The third-order valence-electron chi connectivity index (χ3n) is 3.77. The number of nitro groups is 1. The Bertz CT molecular complexity index is 1040. The van der Waals surface area contributed by atoms with Gasteiger partial charge in [0.05, 0.1) is 23.8 Å². The van der Waals surface area contributed by atoms with Crippen molar-refractivity contribution in [2.24, 2.45) is 5.10 Å². The summed E-state index contributed by atoms with van der Waals surface area (Å²) in [4.78, 5) is 26.6. The van der Waals surface area contributed by atoms with E-state index in [-0.39, 0.29) is 11.4 Å². The standard InChI is InChI=1S/C20H16N4O5/c1-28-16-5-7-17(8-6-16)29-19-9-4-14(11-18(19)24(26)27)12-22-23-20(25)15-3-2-10-21-13-15/h2-13H,1H3,(H,23,25)/b22-12-. The second-order valence-electron chi connectivity index (χ2n) is 5.70. The molecule has 146 valence electrons. The van der Waals surface area contributed by atoms with Gasteiger partial charge in [-0.25, -0.2) is 5.43 Å². The fourth-order valence-corrected chi connectivity index (χ4v) is 2.34. The van der Waals surface area contributed by atoms with Crippen LogP contribution in [-0.2, 0) is 0 Å². The van der Waals surface area contributed by atoms with Crippen molar-refractivity contribution in [1.29, 1.82) is 0 Å². The highest BCUT2D eigenvalue weighted by molar-refractivity contribution is 5.94. The summed E-state index contributed by atoms with van der Waals surface area (Å²) in [5.41, 5.74) is 2.87. The number of hydrogen-bond acceptors (Lipinski definition) is 7. The number of carbonyl (C=O) groups excluding carboxylic acids is 1. The van der Waals surface area contributed by atoms with E-state index in [0.29, 0.717) is 22.6 Å². The summed E-state index contributed by atoms with van der Waals surface area (Å²) in [6.07, 6.45) is 4.26. The van der Waals surface area contributed by atoms with Crippen LogP contribution >= 0.6 is 0 Å². The number of hydrogen-bond donors (Lipinski definition) is 1. The van der Waals surface area contributed by atoms with Gasteiger partial charge >= 0.3 is 5.69 Å². The predicted octanol–water partition coefficient (Wildman–Crippen LogP) is 3.55. The molecule has 0 unspecified atom stereocenters. The van der Waals surface area contributed by atoms with Crippen LogP contribution in [0.4, 0.5) is 5.69 Å². The van der Waals surface area contributed by atoms with Gasteiger partial charge in [-0.3, -0.25) is 19.9 Å². The first-order valence-electron chi connectivity index (χ1n) is 8.40. The Morgan fingerprint density at radius 1 is 1.17 bits per heavy atom. The molecule has 0 saturated carbocycles. The topological polar surface area (TPSA) is 116 Å². The maximum atomic E-state index is 11.9. The summed E-state index contributed by atoms with van der Waals surface area (Å²) in [5.74, 6) is 0.714. The van der Waals surface area contributed by atoms with E-state index in [4.69, 9.17) is 9.47 Å². The molecule has 1 heterocycles. The van der Waals surface area contributed by atoms with Gasteiger partial charge in [0.25, 0.3) is 5.91 Å². The van der Waals surface area contributed by atoms with Crippen molar-refractivity contribution >= 4 is 17.8 Å². The zero-order chi connectivity index (χ0) is 20.6. The van der Waals surface area contributed by atoms with Crippen LogP contribution in [0.25, 0.3) is 0 Å². The molecule has 9 nitrogen and oxygen atoms in total. The highest BCUT2D eigenvalue weighted by Gasteiger charge is 2.16. The molecular weight excluding hydrogens is 376 g/mol. The molecule has 0 aliphatic rings. The molecule has 3 rings (SSSR count). The summed E-state index contributed by atoms with van der Waals surface area (Å²) in [5, 5.41) is 15.2. The number of nitrogens with one attached hydrogen (secondary N) is 1. The van der Waals surface area contributed by atoms with Gasteiger partial charge in [0.15, 0.2) is 0 Å². The number of amides is 1. The lowest BCUT2D eigenvalue weighted by atomic mass is 10.2. The number of rotatable bonds is 7. The number of carbonyl (C=O) groups is 1. The van der Waals surface area contributed by atoms with Gasteiger partial charge in [-0.1, -0.05) is 0 Å². The lowest BCUT2D eigenvalue weighted by molar-refractivity contribution is -0.385. The third-order valence-corrected chi connectivity index (χ3v) is 3.77. The fourth-order valence-electron chi connectivity index (χ4n) is 2.34. The summed E-state index contributed by atoms with van der Waals surface area (Å²) in [6.45, 7) is 0. The van der Waals surface area contributed by atoms with Gasteiger partial charge in [0, 0.05) is 24.0 Å². The molecule has 3 aromatic rings.